The molecule has 6 heterocycles. The predicted octanol–water partition coefficient (Wildman–Crippen LogP) is 7.70. The van der Waals surface area contributed by atoms with Gasteiger partial charge in [-0.25, -0.2) is 14.4 Å². The first-order chi connectivity index (χ1) is 52.5. The van der Waals surface area contributed by atoms with Gasteiger partial charge in [0.1, 0.15) is 24.4 Å². The monoisotopic (exact) mass is 1490 g/mol. The number of para-hydroxylation sites is 1. The number of anilines is 4. The van der Waals surface area contributed by atoms with Crippen LogP contribution in [-0.4, -0.2) is 172 Å². The van der Waals surface area contributed by atoms with E-state index in [1.54, 1.807) is 54.0 Å². The highest BCUT2D eigenvalue weighted by molar-refractivity contribution is 6.07. The molecule has 1 spiro atoms. The summed E-state index contributed by atoms with van der Waals surface area (Å²) in [6.45, 7) is 8.99. The number of methoxy groups -OCH3 is 2. The molecule has 1 saturated heterocycles. The summed E-state index contributed by atoms with van der Waals surface area (Å²) in [6, 6.07) is 32.9. The number of hydrogen-bond donors (Lipinski definition) is 9. The van der Waals surface area contributed by atoms with Crippen molar-refractivity contribution in [3.8, 4) is 45.5 Å². The third-order valence-corrected chi connectivity index (χ3v) is 20.9. The van der Waals surface area contributed by atoms with E-state index >= 15 is 0 Å². The number of carbonyl (C=O) groups is 8. The third kappa shape index (κ3) is 16.3. The number of aromatic nitrogens is 3. The van der Waals surface area contributed by atoms with Crippen molar-refractivity contribution < 1.29 is 77.4 Å². The molecular formula is C80H91N13O16. The Morgan fingerprint density at radius 1 is 0.716 bits per heavy atom. The lowest BCUT2D eigenvalue weighted by atomic mass is 9.95. The number of aliphatic hydroxyl groups is 3. The average molecular weight is 1490 g/mol. The van der Waals surface area contributed by atoms with E-state index in [1.807, 2.05) is 108 Å². The minimum Gasteiger partial charge on any atom is -0.493 e. The van der Waals surface area contributed by atoms with Crippen LogP contribution in [0.2, 0.25) is 0 Å². The quantitative estimate of drug-likeness (QED) is 0.0234. The first-order valence-electron chi connectivity index (χ1n) is 36.7. The molecular weight excluding hydrogens is 1400 g/mol. The van der Waals surface area contributed by atoms with Gasteiger partial charge in [-0.3, -0.25) is 33.6 Å². The Bertz CT molecular complexity index is 4650. The minimum atomic E-state index is -1.50. The zero-order valence-corrected chi connectivity index (χ0v) is 61.8. The molecule has 5 aliphatic heterocycles. The molecule has 7 aromatic rings. The summed E-state index contributed by atoms with van der Waals surface area (Å²) in [7, 11) is 2.97. The van der Waals surface area contributed by atoms with Crippen LogP contribution in [0.4, 0.5) is 27.5 Å². The van der Waals surface area contributed by atoms with Crippen LogP contribution in [0.15, 0.2) is 128 Å². The standard InChI is InChI=1S/C80H91N13O16/c1-45(2)71(86-69(97)39-83-68(96)38-82-67(95)25-26-70(98)90-40-51-13-8-9-14-55(51)72-73(93(46(3)4)88-87-72)56-15-10-11-16-60(56)90)75(100)84-47(5)74(99)85-53-23-19-49(20-24-53)43-109-79(104)92-61-35-66(64(106-7)33-58(61)77(102)91-44-80(27-28-80)36-62(91)78(92)103)108-30-12-29-107-65-34-59-57(32-63(65)105-6)76(101)89-41-52(31-54(89)37-81-59)50-21-17-48(42-94)18-22-50/h8-11,13-24,32-35,41,45-47,54,62,71,76,78,81,94,101,103H,12,25-31,36-40,42-44H2,1-7H3,(H,82,95)(H,83,96)(H,84,100)(H,85,99)(H,86,97)/t47-,54-,62-,71-,76?,78?/m0/s1. The first-order valence-corrected chi connectivity index (χ1v) is 36.7. The molecule has 1 saturated carbocycles. The van der Waals surface area contributed by atoms with E-state index in [4.69, 9.17) is 23.7 Å². The number of amides is 8. The van der Waals surface area contributed by atoms with Crippen LogP contribution < -0.4 is 60.6 Å². The highest BCUT2D eigenvalue weighted by Crippen LogP contribution is 2.57. The number of rotatable bonds is 26. The smallest absolute Gasteiger partial charge is 0.416 e. The minimum absolute atomic E-state index is 0.0280. The number of benzene rings is 6. The normalized spacial score (nSPS) is 18.2. The van der Waals surface area contributed by atoms with Crippen LogP contribution >= 0.6 is 0 Å². The number of fused-ring (bicyclic) bond motifs is 9. The molecule has 2 fully saturated rings. The van der Waals surface area contributed by atoms with E-state index in [-0.39, 0.29) is 97.9 Å². The van der Waals surface area contributed by atoms with Crippen LogP contribution in [0.25, 0.3) is 28.1 Å². The summed E-state index contributed by atoms with van der Waals surface area (Å²) in [5.41, 5.74) is 9.69. The molecule has 6 aromatic carbocycles. The van der Waals surface area contributed by atoms with Crippen molar-refractivity contribution in [2.24, 2.45) is 11.3 Å². The van der Waals surface area contributed by atoms with Crippen LogP contribution in [0.3, 0.4) is 0 Å². The highest BCUT2D eigenvalue weighted by atomic mass is 16.6. The number of hydrogen-bond acceptors (Lipinski definition) is 20. The molecule has 1 aromatic heterocycles. The van der Waals surface area contributed by atoms with E-state index in [2.05, 4.69) is 42.2 Å². The van der Waals surface area contributed by atoms with Crippen molar-refractivity contribution in [1.82, 2.24) is 46.1 Å². The van der Waals surface area contributed by atoms with Gasteiger partial charge in [0, 0.05) is 84.8 Å². The maximum absolute atomic E-state index is 14.5. The number of carbonyl (C=O) groups excluding carboxylic acids is 8. The molecule has 13 rings (SSSR count). The van der Waals surface area contributed by atoms with Crippen molar-refractivity contribution in [3.63, 3.8) is 0 Å². The molecule has 8 amide bonds. The summed E-state index contributed by atoms with van der Waals surface area (Å²) < 4.78 is 31.8. The lowest BCUT2D eigenvalue weighted by molar-refractivity contribution is -0.132. The zero-order chi connectivity index (χ0) is 76.9. The molecule has 6 atom stereocenters. The SMILES string of the molecule is COc1cc2c(cc1OCCCOc1cc3c(cc1OC)C(=O)N1CC4(CC4)C[C@H]1C(O)N3C(=O)OCc1ccc(NC(=O)[C@H](C)NC(=O)[C@@H](NC(=O)CNC(=O)CNC(=O)CCC(=O)N3Cc4ccccc4-c4nnn(C(C)C)c4-c4ccccc43)C(C)C)cc1)NC[C@@H]1CC(c3ccc(CO)cc3)=CN1C2O. The van der Waals surface area contributed by atoms with E-state index in [0.29, 0.717) is 77.7 Å². The van der Waals surface area contributed by atoms with E-state index in [1.165, 1.54) is 33.3 Å². The number of ether oxygens (including phenoxy) is 5. The van der Waals surface area contributed by atoms with Gasteiger partial charge in [0.25, 0.3) is 5.91 Å². The Kier molecular flexibility index (Phi) is 22.6. The Morgan fingerprint density at radius 2 is 1.39 bits per heavy atom. The predicted molar refractivity (Wildman–Crippen MR) is 403 cm³/mol. The van der Waals surface area contributed by atoms with Gasteiger partial charge in [-0.05, 0) is 116 Å². The number of aliphatic hydroxyl groups excluding tert-OH is 3. The molecule has 29 heteroatoms. The van der Waals surface area contributed by atoms with Gasteiger partial charge in [0.2, 0.25) is 35.4 Å². The molecule has 6 aliphatic rings. The van der Waals surface area contributed by atoms with Crippen LogP contribution in [0.5, 0.6) is 23.0 Å². The molecule has 0 radical (unpaired) electrons. The Hall–Kier alpha value is -11.6. The largest absolute Gasteiger partial charge is 0.493 e. The Morgan fingerprint density at radius 3 is 2.10 bits per heavy atom. The second-order valence-electron chi connectivity index (χ2n) is 29.0. The van der Waals surface area contributed by atoms with Gasteiger partial charge in [-0.15, -0.1) is 5.10 Å². The van der Waals surface area contributed by atoms with E-state index in [0.717, 1.165) is 56.8 Å². The fourth-order valence-electron chi connectivity index (χ4n) is 14.7. The van der Waals surface area contributed by atoms with E-state index in [9.17, 15) is 53.7 Å². The zero-order valence-electron chi connectivity index (χ0n) is 61.8. The fourth-order valence-corrected chi connectivity index (χ4v) is 14.7. The van der Waals surface area contributed by atoms with Gasteiger partial charge in [-0.1, -0.05) is 97.9 Å². The second-order valence-corrected chi connectivity index (χ2v) is 29.0. The van der Waals surface area contributed by atoms with Gasteiger partial charge >= 0.3 is 6.09 Å². The maximum Gasteiger partial charge on any atom is 0.416 e. The highest BCUT2D eigenvalue weighted by Gasteiger charge is 2.58. The van der Waals surface area contributed by atoms with Crippen molar-refractivity contribution in [1.29, 1.82) is 0 Å². The average Bonchev–Trinajstić information content (AvgIpc) is 1.60. The van der Waals surface area contributed by atoms with Crippen molar-refractivity contribution in [3.05, 3.63) is 161 Å². The molecule has 2 unspecified atom stereocenters. The lowest BCUT2D eigenvalue weighted by Gasteiger charge is -2.31. The summed E-state index contributed by atoms with van der Waals surface area (Å²) >= 11 is 0. The van der Waals surface area contributed by atoms with Crippen molar-refractivity contribution in [2.45, 2.75) is 142 Å². The van der Waals surface area contributed by atoms with Gasteiger partial charge in [0.15, 0.2) is 35.5 Å². The molecule has 29 nitrogen and oxygen atoms in total. The number of nitrogens with one attached hydrogen (secondary N) is 6. The summed E-state index contributed by atoms with van der Waals surface area (Å²) in [4.78, 5) is 116. The lowest BCUT2D eigenvalue weighted by Crippen LogP contribution is -2.55. The third-order valence-electron chi connectivity index (χ3n) is 20.9. The topological polar surface area (TPSA) is 359 Å². The summed E-state index contributed by atoms with van der Waals surface area (Å²) in [5, 5.41) is 59.0. The van der Waals surface area contributed by atoms with Gasteiger partial charge in [-0.2, -0.15) is 0 Å². The molecule has 0 bridgehead atoms. The number of nitrogens with zero attached hydrogens (tertiary/aromatic N) is 7. The Labute approximate surface area is 630 Å². The first kappa shape index (κ1) is 75.7. The fraction of sp³-hybridized carbons (Fsp3) is 0.400. The molecule has 109 heavy (non-hydrogen) atoms. The summed E-state index contributed by atoms with van der Waals surface area (Å²) in [5.74, 6) is -3.08. The van der Waals surface area contributed by atoms with E-state index < -0.39 is 85.2 Å². The van der Waals surface area contributed by atoms with Crippen molar-refractivity contribution >= 4 is 75.8 Å². The molecule has 1 aliphatic carbocycles. The van der Waals surface area contributed by atoms with Crippen molar-refractivity contribution in [2.75, 3.05) is 74.0 Å². The van der Waals surface area contributed by atoms with Crippen LogP contribution in [0, 0.1) is 11.3 Å². The molecule has 9 N–H and O–H groups in total. The second kappa shape index (κ2) is 32.5. The van der Waals surface area contributed by atoms with Gasteiger partial charge in [0.05, 0.1) is 88.4 Å². The Balaban J connectivity index is 0.569. The van der Waals surface area contributed by atoms with Crippen LogP contribution in [0.1, 0.15) is 130 Å². The maximum atomic E-state index is 14.5. The van der Waals surface area contributed by atoms with Crippen LogP contribution in [-0.2, 0) is 53.3 Å². The molecule has 572 valence electrons. The van der Waals surface area contributed by atoms with Gasteiger partial charge < -0.3 is 85.6 Å². The summed E-state index contributed by atoms with van der Waals surface area (Å²) in [6.07, 6.45) is 1.50.